The molecule has 8 heteroatoms. The number of carbonyl (C=O) groups excluding carboxylic acids is 1. The van der Waals surface area contributed by atoms with Gasteiger partial charge in [-0.2, -0.15) is 13.2 Å². The van der Waals surface area contributed by atoms with Crippen LogP contribution in [0.15, 0.2) is 18.2 Å². The number of rotatable bonds is 5. The summed E-state index contributed by atoms with van der Waals surface area (Å²) >= 11 is 0. The van der Waals surface area contributed by atoms with E-state index in [9.17, 15) is 18.0 Å². The number of alkyl halides is 3. The van der Waals surface area contributed by atoms with Gasteiger partial charge in [-0.15, -0.1) is 0 Å². The fourth-order valence-electron chi connectivity index (χ4n) is 3.04. The predicted octanol–water partition coefficient (Wildman–Crippen LogP) is 3.43. The molecule has 1 aromatic rings. The van der Waals surface area contributed by atoms with E-state index in [4.69, 9.17) is 14.2 Å². The van der Waals surface area contributed by atoms with Crippen LogP contribution >= 0.6 is 0 Å². The van der Waals surface area contributed by atoms with Gasteiger partial charge in [-0.3, -0.25) is 4.90 Å². The summed E-state index contributed by atoms with van der Waals surface area (Å²) in [5, 5.41) is 0. The number of hydrogen-bond acceptors (Lipinski definition) is 4. The molecule has 5 nitrogen and oxygen atoms in total. The standard InChI is InChI=1S/C16H18F3NO4/c1-22-14(20-6-7-23-15(20)21)10-2-3-13-11(8-10)9-12(24-13)4-5-16(17,18)19/h2-3,8,12,14H,4-7,9H2,1H3. The molecule has 0 bridgehead atoms. The van der Waals surface area contributed by atoms with E-state index in [0.29, 0.717) is 25.3 Å². The molecular formula is C16H18F3NO4. The zero-order valence-corrected chi connectivity index (χ0v) is 13.1. The molecule has 3 rings (SSSR count). The van der Waals surface area contributed by atoms with Crippen molar-refractivity contribution in [2.45, 2.75) is 37.8 Å². The van der Waals surface area contributed by atoms with Crippen molar-refractivity contribution >= 4 is 6.09 Å². The van der Waals surface area contributed by atoms with Crippen LogP contribution in [0.25, 0.3) is 0 Å². The third kappa shape index (κ3) is 3.58. The average Bonchev–Trinajstić information content (AvgIpc) is 3.11. The predicted molar refractivity (Wildman–Crippen MR) is 77.7 cm³/mol. The topological polar surface area (TPSA) is 48.0 Å². The first-order valence-corrected chi connectivity index (χ1v) is 7.70. The number of benzene rings is 1. The van der Waals surface area contributed by atoms with Gasteiger partial charge in [0.25, 0.3) is 0 Å². The number of amides is 1. The molecule has 2 aliphatic rings. The van der Waals surface area contributed by atoms with Crippen LogP contribution in [0, 0.1) is 0 Å². The van der Waals surface area contributed by atoms with E-state index in [0.717, 1.165) is 11.1 Å². The van der Waals surface area contributed by atoms with Gasteiger partial charge in [0.05, 0.1) is 6.54 Å². The van der Waals surface area contributed by atoms with E-state index >= 15 is 0 Å². The van der Waals surface area contributed by atoms with E-state index in [-0.39, 0.29) is 6.42 Å². The molecule has 2 atom stereocenters. The third-order valence-corrected chi connectivity index (χ3v) is 4.16. The molecule has 2 heterocycles. The van der Waals surface area contributed by atoms with Crippen LogP contribution in [0.2, 0.25) is 0 Å². The number of fused-ring (bicyclic) bond motifs is 1. The molecule has 0 spiro atoms. The SMILES string of the molecule is COC(c1ccc2c(c1)CC(CCC(F)(F)F)O2)N1CCOC1=O. The molecule has 0 aliphatic carbocycles. The van der Waals surface area contributed by atoms with Crippen molar-refractivity contribution < 1.29 is 32.2 Å². The van der Waals surface area contributed by atoms with Gasteiger partial charge < -0.3 is 14.2 Å². The Hall–Kier alpha value is -1.96. The highest BCUT2D eigenvalue weighted by atomic mass is 19.4. The monoisotopic (exact) mass is 345 g/mol. The van der Waals surface area contributed by atoms with E-state index in [1.54, 1.807) is 12.1 Å². The van der Waals surface area contributed by atoms with Gasteiger partial charge in [-0.1, -0.05) is 6.07 Å². The second-order valence-corrected chi connectivity index (χ2v) is 5.86. The van der Waals surface area contributed by atoms with Crippen molar-refractivity contribution in [3.8, 4) is 5.75 Å². The number of nitrogens with zero attached hydrogens (tertiary/aromatic N) is 1. The Morgan fingerprint density at radius 3 is 2.83 bits per heavy atom. The van der Waals surface area contributed by atoms with Crippen LogP contribution < -0.4 is 4.74 Å². The molecule has 0 radical (unpaired) electrons. The summed E-state index contributed by atoms with van der Waals surface area (Å²) in [5.41, 5.74) is 1.57. The Morgan fingerprint density at radius 1 is 1.42 bits per heavy atom. The van der Waals surface area contributed by atoms with Gasteiger partial charge in [-0.25, -0.2) is 4.79 Å². The number of ether oxygens (including phenoxy) is 3. The molecule has 2 aliphatic heterocycles. The van der Waals surface area contributed by atoms with Gasteiger partial charge in [0.15, 0.2) is 6.23 Å². The number of halogens is 3. The number of hydrogen-bond donors (Lipinski definition) is 0. The van der Waals surface area contributed by atoms with Gasteiger partial charge in [-0.05, 0) is 24.1 Å². The fraction of sp³-hybridized carbons (Fsp3) is 0.562. The Balaban J connectivity index is 1.70. The largest absolute Gasteiger partial charge is 0.490 e. The first kappa shape index (κ1) is 16.9. The fourth-order valence-corrected chi connectivity index (χ4v) is 3.04. The Labute approximate surface area is 137 Å². The number of cyclic esters (lactones) is 1. The third-order valence-electron chi connectivity index (χ3n) is 4.16. The molecule has 1 aromatic carbocycles. The van der Waals surface area contributed by atoms with Crippen molar-refractivity contribution in [1.82, 2.24) is 4.90 Å². The average molecular weight is 345 g/mol. The van der Waals surface area contributed by atoms with Crippen molar-refractivity contribution in [1.29, 1.82) is 0 Å². The van der Waals surface area contributed by atoms with Crippen molar-refractivity contribution in [3.63, 3.8) is 0 Å². The van der Waals surface area contributed by atoms with E-state index < -0.39 is 31.0 Å². The lowest BCUT2D eigenvalue weighted by atomic mass is 10.0. The highest BCUT2D eigenvalue weighted by Gasteiger charge is 2.34. The van der Waals surface area contributed by atoms with Gasteiger partial charge >= 0.3 is 12.3 Å². The first-order valence-electron chi connectivity index (χ1n) is 7.70. The van der Waals surface area contributed by atoms with Crippen molar-refractivity contribution in [2.75, 3.05) is 20.3 Å². The van der Waals surface area contributed by atoms with Crippen LogP contribution in [0.1, 0.15) is 30.2 Å². The smallest absolute Gasteiger partial charge is 0.412 e. The maximum Gasteiger partial charge on any atom is 0.412 e. The Bertz CT molecular complexity index is 620. The maximum absolute atomic E-state index is 12.3. The highest BCUT2D eigenvalue weighted by molar-refractivity contribution is 5.69. The minimum Gasteiger partial charge on any atom is -0.490 e. The Morgan fingerprint density at radius 2 is 2.21 bits per heavy atom. The molecule has 1 saturated heterocycles. The summed E-state index contributed by atoms with van der Waals surface area (Å²) in [7, 11) is 1.49. The van der Waals surface area contributed by atoms with Crippen LogP contribution in [-0.2, 0) is 15.9 Å². The summed E-state index contributed by atoms with van der Waals surface area (Å²) in [5.74, 6) is 0.588. The second-order valence-electron chi connectivity index (χ2n) is 5.86. The highest BCUT2D eigenvalue weighted by Crippen LogP contribution is 2.36. The van der Waals surface area contributed by atoms with Crippen LogP contribution in [0.4, 0.5) is 18.0 Å². The molecule has 0 N–H and O–H groups in total. The van der Waals surface area contributed by atoms with Crippen LogP contribution in [0.5, 0.6) is 5.75 Å². The molecule has 1 fully saturated rings. The number of methoxy groups -OCH3 is 1. The second kappa shape index (κ2) is 6.51. The minimum atomic E-state index is -4.18. The van der Waals surface area contributed by atoms with Gasteiger partial charge in [0.2, 0.25) is 0 Å². The molecular weight excluding hydrogens is 327 g/mol. The Kier molecular flexibility index (Phi) is 4.58. The molecule has 0 aromatic heterocycles. The molecule has 0 saturated carbocycles. The van der Waals surface area contributed by atoms with E-state index in [1.807, 2.05) is 6.07 Å². The summed E-state index contributed by atoms with van der Waals surface area (Å²) in [6.45, 7) is 0.741. The zero-order valence-electron chi connectivity index (χ0n) is 13.1. The van der Waals surface area contributed by atoms with E-state index in [2.05, 4.69) is 0 Å². The van der Waals surface area contributed by atoms with Gasteiger partial charge in [0.1, 0.15) is 18.5 Å². The maximum atomic E-state index is 12.3. The lowest BCUT2D eigenvalue weighted by Crippen LogP contribution is -2.30. The summed E-state index contributed by atoms with van der Waals surface area (Å²) in [6.07, 6.45) is -6.20. The molecule has 2 unspecified atom stereocenters. The minimum absolute atomic E-state index is 0.0698. The summed E-state index contributed by atoms with van der Waals surface area (Å²) in [4.78, 5) is 13.2. The quantitative estimate of drug-likeness (QED) is 0.820. The summed E-state index contributed by atoms with van der Waals surface area (Å²) in [6, 6.07) is 5.29. The lowest BCUT2D eigenvalue weighted by molar-refractivity contribution is -0.138. The molecule has 132 valence electrons. The van der Waals surface area contributed by atoms with Gasteiger partial charge in [0, 0.05) is 25.5 Å². The number of carbonyl (C=O) groups is 1. The van der Waals surface area contributed by atoms with Crippen LogP contribution in [-0.4, -0.2) is 43.5 Å². The molecule has 24 heavy (non-hydrogen) atoms. The first-order chi connectivity index (χ1) is 11.4. The normalized spacial score (nSPS) is 21.4. The van der Waals surface area contributed by atoms with Crippen LogP contribution in [0.3, 0.4) is 0 Å². The lowest BCUT2D eigenvalue weighted by Gasteiger charge is -2.24. The summed E-state index contributed by atoms with van der Waals surface area (Å²) < 4.78 is 52.9. The van der Waals surface area contributed by atoms with E-state index in [1.165, 1.54) is 12.0 Å². The van der Waals surface area contributed by atoms with Crippen molar-refractivity contribution in [2.24, 2.45) is 0 Å². The molecule has 1 amide bonds. The zero-order chi connectivity index (χ0) is 17.3. The van der Waals surface area contributed by atoms with Crippen molar-refractivity contribution in [3.05, 3.63) is 29.3 Å².